The second kappa shape index (κ2) is 3.21. The van der Waals surface area contributed by atoms with Crippen LogP contribution in [0.3, 0.4) is 0 Å². The zero-order valence-electron chi connectivity index (χ0n) is 10.7. The van der Waals surface area contributed by atoms with Crippen LogP contribution in [0.2, 0.25) is 0 Å². The molecule has 4 rings (SSSR count). The zero-order chi connectivity index (χ0) is 12.4. The lowest BCUT2D eigenvalue weighted by Crippen LogP contribution is -2.17. The van der Waals surface area contributed by atoms with Gasteiger partial charge in [0.15, 0.2) is 11.5 Å². The highest BCUT2D eigenvalue weighted by molar-refractivity contribution is 5.50. The molecule has 2 saturated carbocycles. The molecule has 96 valence electrons. The van der Waals surface area contributed by atoms with Crippen molar-refractivity contribution in [3.8, 4) is 11.5 Å². The molecule has 1 aromatic rings. The van der Waals surface area contributed by atoms with E-state index in [0.717, 1.165) is 48.7 Å². The van der Waals surface area contributed by atoms with Crippen LogP contribution in [0.4, 0.5) is 0 Å². The van der Waals surface area contributed by atoms with Gasteiger partial charge >= 0.3 is 0 Å². The van der Waals surface area contributed by atoms with Gasteiger partial charge < -0.3 is 14.6 Å². The minimum atomic E-state index is -0.605. The molecule has 18 heavy (non-hydrogen) atoms. The van der Waals surface area contributed by atoms with Gasteiger partial charge in [-0.15, -0.1) is 0 Å². The van der Waals surface area contributed by atoms with Crippen molar-refractivity contribution in [3.63, 3.8) is 0 Å². The maximum atomic E-state index is 10.3. The van der Waals surface area contributed by atoms with Crippen LogP contribution in [0.1, 0.15) is 36.8 Å². The van der Waals surface area contributed by atoms with Crippen LogP contribution in [0.5, 0.6) is 11.5 Å². The van der Waals surface area contributed by atoms with Crippen molar-refractivity contribution < 1.29 is 14.6 Å². The van der Waals surface area contributed by atoms with E-state index in [1.54, 1.807) is 0 Å². The van der Waals surface area contributed by atoms with Gasteiger partial charge in [0.1, 0.15) is 0 Å². The van der Waals surface area contributed by atoms with Crippen LogP contribution < -0.4 is 9.47 Å². The van der Waals surface area contributed by atoms with Gasteiger partial charge in [0, 0.05) is 5.41 Å². The predicted octanol–water partition coefficient (Wildman–Crippen LogP) is 2.53. The number of hydrogen-bond acceptors (Lipinski definition) is 3. The van der Waals surface area contributed by atoms with Gasteiger partial charge in [0.25, 0.3) is 0 Å². The third kappa shape index (κ3) is 1.53. The topological polar surface area (TPSA) is 38.7 Å². The zero-order valence-corrected chi connectivity index (χ0v) is 10.7. The van der Waals surface area contributed by atoms with E-state index in [9.17, 15) is 5.11 Å². The van der Waals surface area contributed by atoms with E-state index in [4.69, 9.17) is 9.47 Å². The van der Waals surface area contributed by atoms with Gasteiger partial charge in [0.05, 0.1) is 18.8 Å². The van der Waals surface area contributed by atoms with Crippen LogP contribution in [0, 0.1) is 12.3 Å². The van der Waals surface area contributed by atoms with Gasteiger partial charge in [-0.05, 0) is 55.9 Å². The van der Waals surface area contributed by atoms with E-state index >= 15 is 0 Å². The molecule has 0 bridgehead atoms. The maximum Gasteiger partial charge on any atom is 0.161 e. The van der Waals surface area contributed by atoms with Gasteiger partial charge in [0.2, 0.25) is 0 Å². The Morgan fingerprint density at radius 3 is 2.17 bits per heavy atom. The predicted molar refractivity (Wildman–Crippen MR) is 67.0 cm³/mol. The summed E-state index contributed by atoms with van der Waals surface area (Å²) >= 11 is 0. The summed E-state index contributed by atoms with van der Waals surface area (Å²) in [5.74, 6) is 1.64. The average molecular weight is 246 g/mol. The van der Waals surface area contributed by atoms with E-state index in [1.165, 1.54) is 12.8 Å². The Morgan fingerprint density at radius 1 is 1.00 bits per heavy atom. The van der Waals surface area contributed by atoms with Crippen LogP contribution in [0.15, 0.2) is 12.1 Å². The average Bonchev–Trinajstić information content (AvgIpc) is 3.24. The van der Waals surface area contributed by atoms with Gasteiger partial charge in [-0.1, -0.05) is 0 Å². The van der Waals surface area contributed by atoms with E-state index in [-0.39, 0.29) is 5.41 Å². The van der Waals surface area contributed by atoms with Crippen molar-refractivity contribution in [2.75, 3.05) is 13.2 Å². The first-order chi connectivity index (χ1) is 8.60. The fraction of sp³-hybridized carbons (Fsp3) is 0.600. The molecule has 2 fully saturated rings. The molecular formula is C15H18O3. The Labute approximate surface area is 107 Å². The Hall–Kier alpha value is -1.22. The lowest BCUT2D eigenvalue weighted by molar-refractivity contribution is 0.150. The molecule has 1 heterocycles. The highest BCUT2D eigenvalue weighted by Crippen LogP contribution is 2.52. The van der Waals surface area contributed by atoms with Crippen molar-refractivity contribution >= 4 is 0 Å². The third-order valence-electron chi connectivity index (χ3n) is 4.54. The maximum absolute atomic E-state index is 10.3. The van der Waals surface area contributed by atoms with Crippen molar-refractivity contribution in [2.24, 2.45) is 5.41 Å². The molecule has 0 aromatic heterocycles. The monoisotopic (exact) mass is 246 g/mol. The largest absolute Gasteiger partial charge is 0.489 e. The van der Waals surface area contributed by atoms with Crippen LogP contribution in [0.25, 0.3) is 0 Å². The summed E-state index contributed by atoms with van der Waals surface area (Å²) in [6.45, 7) is 3.55. The van der Waals surface area contributed by atoms with Crippen molar-refractivity contribution in [1.82, 2.24) is 0 Å². The summed E-state index contributed by atoms with van der Waals surface area (Å²) in [6.07, 6.45) is 4.13. The quantitative estimate of drug-likeness (QED) is 0.827. The highest BCUT2D eigenvalue weighted by Gasteiger charge is 2.47. The number of rotatable bonds is 1. The minimum absolute atomic E-state index is 0.267. The Balaban J connectivity index is 1.73. The normalized spacial score (nSPS) is 25.7. The van der Waals surface area contributed by atoms with Gasteiger partial charge in [-0.2, -0.15) is 0 Å². The molecule has 0 atom stereocenters. The Morgan fingerprint density at radius 2 is 1.61 bits per heavy atom. The molecule has 1 N–H and O–H groups in total. The van der Waals surface area contributed by atoms with Crippen LogP contribution in [-0.2, 0) is 5.60 Å². The molecule has 0 amide bonds. The molecule has 0 unspecified atom stereocenters. The molecule has 3 aliphatic rings. The molecule has 0 radical (unpaired) electrons. The third-order valence-corrected chi connectivity index (χ3v) is 4.54. The molecule has 1 spiro atoms. The van der Waals surface area contributed by atoms with Crippen LogP contribution in [-0.4, -0.2) is 18.3 Å². The molecule has 1 aliphatic heterocycles. The first-order valence-corrected chi connectivity index (χ1v) is 6.74. The lowest BCUT2D eigenvalue weighted by atomic mass is 10.0. The molecule has 3 nitrogen and oxygen atoms in total. The van der Waals surface area contributed by atoms with Gasteiger partial charge in [-0.3, -0.25) is 0 Å². The number of aryl methyl sites for hydroxylation is 1. The number of aliphatic hydroxyl groups is 1. The lowest BCUT2D eigenvalue weighted by Gasteiger charge is -2.15. The SMILES string of the molecule is Cc1cc2c(cc1C1(O)CC1)OCC1(CC1)CO2. The number of benzene rings is 1. The second-order valence-corrected chi connectivity index (χ2v) is 6.22. The molecule has 3 heteroatoms. The summed E-state index contributed by atoms with van der Waals surface area (Å²) in [4.78, 5) is 0. The molecule has 2 aliphatic carbocycles. The number of fused-ring (bicyclic) bond motifs is 1. The van der Waals surface area contributed by atoms with Crippen molar-refractivity contribution in [2.45, 2.75) is 38.2 Å². The van der Waals surface area contributed by atoms with E-state index in [1.807, 2.05) is 19.1 Å². The van der Waals surface area contributed by atoms with E-state index in [2.05, 4.69) is 0 Å². The summed E-state index contributed by atoms with van der Waals surface area (Å²) in [6, 6.07) is 4.00. The summed E-state index contributed by atoms with van der Waals surface area (Å²) in [5.41, 5.74) is 1.77. The minimum Gasteiger partial charge on any atom is -0.489 e. The summed E-state index contributed by atoms with van der Waals surface area (Å²) in [7, 11) is 0. The standard InChI is InChI=1S/C15H18O3/c1-10-6-12-13(7-11(10)15(16)4-5-15)18-9-14(2-3-14)8-17-12/h6-7,16H,2-5,8-9H2,1H3. The Bertz CT molecular complexity index is 513. The second-order valence-electron chi connectivity index (χ2n) is 6.22. The highest BCUT2D eigenvalue weighted by atomic mass is 16.5. The smallest absolute Gasteiger partial charge is 0.161 e. The van der Waals surface area contributed by atoms with Crippen molar-refractivity contribution in [3.05, 3.63) is 23.3 Å². The first kappa shape index (κ1) is 10.7. The van der Waals surface area contributed by atoms with Gasteiger partial charge in [-0.25, -0.2) is 0 Å². The van der Waals surface area contributed by atoms with Crippen LogP contribution >= 0.6 is 0 Å². The first-order valence-electron chi connectivity index (χ1n) is 6.74. The van der Waals surface area contributed by atoms with E-state index < -0.39 is 5.60 Å². The molecule has 1 aromatic carbocycles. The van der Waals surface area contributed by atoms with E-state index in [0.29, 0.717) is 0 Å². The Kier molecular flexibility index (Phi) is 1.90. The number of hydrogen-bond donors (Lipinski definition) is 1. The summed E-state index contributed by atoms with van der Waals surface area (Å²) < 4.78 is 11.8. The fourth-order valence-electron chi connectivity index (χ4n) is 2.75. The summed E-state index contributed by atoms with van der Waals surface area (Å²) in [5, 5.41) is 10.3. The number of ether oxygens (including phenoxy) is 2. The fourth-order valence-corrected chi connectivity index (χ4v) is 2.75. The molecule has 0 saturated heterocycles. The molecular weight excluding hydrogens is 228 g/mol. The van der Waals surface area contributed by atoms with Crippen molar-refractivity contribution in [1.29, 1.82) is 0 Å².